The van der Waals surface area contributed by atoms with Gasteiger partial charge in [-0.1, -0.05) is 19.2 Å². The SMILES string of the molecule is C=Cc1cccc[n+]1CCCS(=O)(=O)O.C=Cc1cccc[n+]1CCCS(=O)(=O)[O-].O=S(=O)([O-])CCC[n+]1ccccc1C1CCCc2c1ccc[n+]2CCCS(=O)(=O)O. The zero-order chi connectivity index (χ0) is 44.4. The summed E-state index contributed by atoms with van der Waals surface area (Å²) in [5, 5.41) is 0. The van der Waals surface area contributed by atoms with Gasteiger partial charge in [0.25, 0.3) is 20.2 Å². The monoisotopic (exact) mass is 910 g/mol. The first-order chi connectivity index (χ1) is 28.2. The molecule has 2 N–H and O–H groups in total. The molecular formula is C40H54N4O12S4+2. The van der Waals surface area contributed by atoms with Crippen LogP contribution in [0.25, 0.3) is 12.2 Å². The van der Waals surface area contributed by atoms with E-state index in [9.17, 15) is 42.8 Å². The number of aromatic nitrogens is 4. The van der Waals surface area contributed by atoms with Crippen LogP contribution in [-0.2, 0) is 73.1 Å². The summed E-state index contributed by atoms with van der Waals surface area (Å²) in [5.74, 6) is -1.07. The second kappa shape index (κ2) is 23.6. The third kappa shape index (κ3) is 19.0. The lowest BCUT2D eigenvalue weighted by Crippen LogP contribution is -2.44. The average Bonchev–Trinajstić information content (AvgIpc) is 3.17. The minimum absolute atomic E-state index is 0.132. The average molecular weight is 911 g/mol. The van der Waals surface area contributed by atoms with Gasteiger partial charge in [-0.05, 0) is 31.0 Å². The van der Waals surface area contributed by atoms with Crippen LogP contribution in [0.4, 0.5) is 0 Å². The van der Waals surface area contributed by atoms with Crippen molar-refractivity contribution in [1.29, 1.82) is 0 Å². The van der Waals surface area contributed by atoms with Crippen molar-refractivity contribution in [2.24, 2.45) is 0 Å². The van der Waals surface area contributed by atoms with E-state index in [1.807, 2.05) is 99.2 Å². The van der Waals surface area contributed by atoms with Crippen molar-refractivity contribution in [1.82, 2.24) is 0 Å². The predicted molar refractivity (Wildman–Crippen MR) is 222 cm³/mol. The lowest BCUT2D eigenvalue weighted by molar-refractivity contribution is -0.708. The minimum Gasteiger partial charge on any atom is -0.748 e. The fourth-order valence-electron chi connectivity index (χ4n) is 6.78. The fourth-order valence-corrected chi connectivity index (χ4v) is 8.73. The zero-order valence-corrected chi connectivity index (χ0v) is 36.6. The van der Waals surface area contributed by atoms with Crippen molar-refractivity contribution in [3.8, 4) is 0 Å². The van der Waals surface area contributed by atoms with E-state index in [1.165, 1.54) is 5.56 Å². The predicted octanol–water partition coefficient (Wildman–Crippen LogP) is 2.39. The maximum absolute atomic E-state index is 11.0. The van der Waals surface area contributed by atoms with E-state index in [2.05, 4.69) is 23.8 Å². The van der Waals surface area contributed by atoms with Crippen molar-refractivity contribution < 1.29 is 70.2 Å². The molecule has 0 spiro atoms. The van der Waals surface area contributed by atoms with Crippen LogP contribution in [0.3, 0.4) is 0 Å². The lowest BCUT2D eigenvalue weighted by Gasteiger charge is -2.22. The van der Waals surface area contributed by atoms with Gasteiger partial charge in [-0.2, -0.15) is 26.0 Å². The highest BCUT2D eigenvalue weighted by Crippen LogP contribution is 2.33. The highest BCUT2D eigenvalue weighted by Gasteiger charge is 2.33. The van der Waals surface area contributed by atoms with Gasteiger partial charge in [0.2, 0.25) is 11.4 Å². The molecule has 0 aromatic carbocycles. The summed E-state index contributed by atoms with van der Waals surface area (Å²) in [6.07, 6.45) is 15.0. The first-order valence-corrected chi connectivity index (χ1v) is 25.6. The summed E-state index contributed by atoms with van der Waals surface area (Å²) in [7, 11) is -16.2. The number of fused-ring (bicyclic) bond motifs is 1. The van der Waals surface area contributed by atoms with Crippen molar-refractivity contribution in [2.75, 3.05) is 23.0 Å². The summed E-state index contributed by atoms with van der Waals surface area (Å²) in [6.45, 7) is 9.31. The van der Waals surface area contributed by atoms with Gasteiger partial charge < -0.3 is 9.11 Å². The van der Waals surface area contributed by atoms with Crippen molar-refractivity contribution in [3.05, 3.63) is 133 Å². The second-order valence-corrected chi connectivity index (χ2v) is 20.1. The summed E-state index contributed by atoms with van der Waals surface area (Å²) in [6, 6.07) is 21.1. The van der Waals surface area contributed by atoms with Crippen molar-refractivity contribution in [2.45, 2.75) is 77.0 Å². The standard InChI is InChI=1S/C20H26N2O6S2.2C10H13NO3S/c23-29(24,25)15-5-13-21-11-2-1-9-19(21)17-7-3-10-20-18(17)8-4-12-22(20)14-6-16-30(26,27)28;2*1-2-10-6-3-4-7-11(10)8-5-9-15(12,13)14/h1-2,4,8-9,11-12,17H,3,5-7,10,13-16H2;2*2-4,6-7H,1,5,8-9H2/p+2. The number of nitrogens with zero attached hydrogens (tertiary/aromatic N) is 4. The van der Waals surface area contributed by atoms with Crippen LogP contribution in [-0.4, -0.2) is 74.9 Å². The topological polar surface area (TPSA) is 239 Å². The Bertz CT molecular complexity index is 2410. The molecular weight excluding hydrogens is 857 g/mol. The molecule has 4 aromatic heterocycles. The van der Waals surface area contributed by atoms with Crippen LogP contribution in [0.1, 0.15) is 72.8 Å². The Labute approximate surface area is 354 Å². The van der Waals surface area contributed by atoms with Crippen LogP contribution < -0.4 is 18.3 Å². The van der Waals surface area contributed by atoms with Gasteiger partial charge in [0.1, 0.15) is 26.2 Å². The molecule has 1 aliphatic carbocycles. The Morgan fingerprint density at radius 1 is 0.567 bits per heavy atom. The molecule has 4 heterocycles. The van der Waals surface area contributed by atoms with E-state index < -0.39 is 40.5 Å². The Balaban J connectivity index is 0.000000269. The van der Waals surface area contributed by atoms with Crippen molar-refractivity contribution >= 4 is 52.6 Å². The maximum atomic E-state index is 11.0. The van der Waals surface area contributed by atoms with E-state index in [4.69, 9.17) is 9.11 Å². The van der Waals surface area contributed by atoms with Gasteiger partial charge in [0.05, 0.1) is 37.7 Å². The molecule has 1 unspecified atom stereocenters. The van der Waals surface area contributed by atoms with Crippen LogP contribution >= 0.6 is 0 Å². The highest BCUT2D eigenvalue weighted by atomic mass is 32.2. The van der Waals surface area contributed by atoms with E-state index in [0.717, 1.165) is 42.0 Å². The lowest BCUT2D eigenvalue weighted by atomic mass is 9.82. The fraction of sp³-hybridized carbons (Fsp3) is 0.400. The molecule has 0 aliphatic heterocycles. The summed E-state index contributed by atoms with van der Waals surface area (Å²) >= 11 is 0. The Kier molecular flexibility index (Phi) is 19.7. The molecule has 1 aliphatic rings. The first kappa shape index (κ1) is 50.1. The van der Waals surface area contributed by atoms with Crippen molar-refractivity contribution in [3.63, 3.8) is 0 Å². The minimum atomic E-state index is -4.23. The Hall–Kier alpha value is -4.28. The third-order valence-corrected chi connectivity index (χ3v) is 12.6. The Morgan fingerprint density at radius 2 is 0.983 bits per heavy atom. The van der Waals surface area contributed by atoms with E-state index in [-0.39, 0.29) is 35.4 Å². The van der Waals surface area contributed by atoms with Gasteiger partial charge in [0.15, 0.2) is 36.2 Å². The van der Waals surface area contributed by atoms with Gasteiger partial charge in [0, 0.05) is 104 Å². The summed E-state index contributed by atoms with van der Waals surface area (Å²) < 4.78 is 132. The number of aryl methyl sites for hydroxylation is 4. The molecule has 0 saturated heterocycles. The number of hydrogen-bond donors (Lipinski definition) is 2. The van der Waals surface area contributed by atoms with Crippen LogP contribution in [0, 0.1) is 0 Å². The molecule has 0 amide bonds. The largest absolute Gasteiger partial charge is 0.748 e. The molecule has 0 radical (unpaired) electrons. The van der Waals surface area contributed by atoms with E-state index in [1.54, 1.807) is 12.2 Å². The maximum Gasteiger partial charge on any atom is 0.265 e. The summed E-state index contributed by atoms with van der Waals surface area (Å²) in [5.41, 5.74) is 5.22. The quantitative estimate of drug-likeness (QED) is 0.102. The number of pyridine rings is 4. The molecule has 0 saturated carbocycles. The molecule has 5 rings (SSSR count). The van der Waals surface area contributed by atoms with Gasteiger partial charge in [-0.3, -0.25) is 9.11 Å². The molecule has 1 atom stereocenters. The highest BCUT2D eigenvalue weighted by molar-refractivity contribution is 7.86. The Morgan fingerprint density at radius 3 is 1.45 bits per heavy atom. The van der Waals surface area contributed by atoms with Crippen LogP contribution in [0.5, 0.6) is 0 Å². The van der Waals surface area contributed by atoms with Gasteiger partial charge in [-0.25, -0.2) is 26.0 Å². The van der Waals surface area contributed by atoms with Crippen LogP contribution in [0.2, 0.25) is 0 Å². The molecule has 0 fully saturated rings. The molecule has 20 heteroatoms. The van der Waals surface area contributed by atoms with Gasteiger partial charge in [-0.15, -0.1) is 0 Å². The normalized spacial score (nSPS) is 14.1. The molecule has 16 nitrogen and oxygen atoms in total. The first-order valence-electron chi connectivity index (χ1n) is 19.2. The molecule has 4 aromatic rings. The molecule has 60 heavy (non-hydrogen) atoms. The smallest absolute Gasteiger partial charge is 0.265 e. The van der Waals surface area contributed by atoms with Gasteiger partial charge >= 0.3 is 0 Å². The zero-order valence-electron chi connectivity index (χ0n) is 33.3. The van der Waals surface area contributed by atoms with E-state index >= 15 is 0 Å². The van der Waals surface area contributed by atoms with E-state index in [0.29, 0.717) is 45.4 Å². The number of rotatable bonds is 19. The number of hydrogen-bond acceptors (Lipinski definition) is 10. The van der Waals surface area contributed by atoms with Crippen LogP contribution in [0.15, 0.2) is 105 Å². The molecule has 328 valence electrons. The third-order valence-electron chi connectivity index (χ3n) is 9.40. The summed E-state index contributed by atoms with van der Waals surface area (Å²) in [4.78, 5) is 0. The molecule has 0 bridgehead atoms. The second-order valence-electron chi connectivity index (χ2n) is 13.9.